The molecule has 0 saturated heterocycles. The van der Waals surface area contributed by atoms with Crippen LogP contribution in [0.25, 0.3) is 0 Å². The van der Waals surface area contributed by atoms with Gasteiger partial charge in [-0.2, -0.15) is 8.78 Å². The summed E-state index contributed by atoms with van der Waals surface area (Å²) < 4.78 is 36.0. The minimum atomic E-state index is -2.75. The average molecular weight is 299 g/mol. The van der Waals surface area contributed by atoms with Crippen LogP contribution in [-0.4, -0.2) is 21.6 Å². The molecule has 0 N–H and O–H groups in total. The third-order valence-corrected chi connectivity index (χ3v) is 2.68. The van der Waals surface area contributed by atoms with E-state index in [2.05, 4.69) is 4.98 Å². The van der Waals surface area contributed by atoms with E-state index in [0.717, 1.165) is 6.20 Å². The van der Waals surface area contributed by atoms with E-state index in [9.17, 15) is 18.9 Å². The number of hydrogen-bond acceptors (Lipinski definition) is 5. The Morgan fingerprint density at radius 2 is 2.24 bits per heavy atom. The maximum atomic E-state index is 12.6. The van der Waals surface area contributed by atoms with Crippen molar-refractivity contribution in [3.63, 3.8) is 0 Å². The summed E-state index contributed by atoms with van der Waals surface area (Å²) >= 11 is 0. The quantitative estimate of drug-likeness (QED) is 0.605. The summed E-state index contributed by atoms with van der Waals surface area (Å²) in [6.45, 7) is -3.07. The number of imidazole rings is 1. The molecular weight excluding hydrogens is 288 g/mol. The molecule has 0 spiro atoms. The van der Waals surface area contributed by atoms with Gasteiger partial charge in [0.2, 0.25) is 0 Å². The summed E-state index contributed by atoms with van der Waals surface area (Å²) in [5.74, 6) is 0.211. The van der Waals surface area contributed by atoms with Crippen molar-refractivity contribution in [2.45, 2.75) is 13.2 Å². The number of nitro benzene ring substituents is 1. The van der Waals surface area contributed by atoms with Crippen LogP contribution < -0.4 is 9.47 Å². The molecular formula is C12H11F2N3O4. The normalized spacial score (nSPS) is 10.7. The second kappa shape index (κ2) is 6.16. The van der Waals surface area contributed by atoms with Crippen molar-refractivity contribution < 1.29 is 23.2 Å². The van der Waals surface area contributed by atoms with Crippen molar-refractivity contribution in [2.24, 2.45) is 0 Å². The molecule has 2 aromatic rings. The van der Waals surface area contributed by atoms with Gasteiger partial charge in [-0.15, -0.1) is 0 Å². The van der Waals surface area contributed by atoms with Gasteiger partial charge in [-0.1, -0.05) is 0 Å². The van der Waals surface area contributed by atoms with Crippen molar-refractivity contribution >= 4 is 5.69 Å². The highest BCUT2D eigenvalue weighted by Crippen LogP contribution is 2.31. The molecule has 0 amide bonds. The number of nitrogens with zero attached hydrogens (tertiary/aromatic N) is 3. The highest BCUT2D eigenvalue weighted by atomic mass is 19.3. The van der Waals surface area contributed by atoms with E-state index >= 15 is 0 Å². The first-order valence-electron chi connectivity index (χ1n) is 5.78. The van der Waals surface area contributed by atoms with E-state index in [4.69, 9.17) is 9.47 Å². The van der Waals surface area contributed by atoms with Crippen LogP contribution >= 0.6 is 0 Å². The third-order valence-electron chi connectivity index (χ3n) is 2.68. The number of rotatable bonds is 6. The standard InChI is InChI=1S/C12H11F2N3O4/c1-20-8-2-3-10(9(6-8)17(18)19)21-7-11-15-4-5-16(11)12(13)14/h2-6,12H,7H2,1H3. The van der Waals surface area contributed by atoms with Gasteiger partial charge >= 0.3 is 12.2 Å². The zero-order valence-electron chi connectivity index (χ0n) is 10.9. The number of hydrogen-bond donors (Lipinski definition) is 0. The fourth-order valence-electron chi connectivity index (χ4n) is 1.66. The molecule has 0 saturated carbocycles. The summed E-state index contributed by atoms with van der Waals surface area (Å²) in [7, 11) is 1.37. The van der Waals surface area contributed by atoms with E-state index in [0.29, 0.717) is 10.3 Å². The lowest BCUT2D eigenvalue weighted by atomic mass is 10.3. The summed E-state index contributed by atoms with van der Waals surface area (Å²) in [5, 5.41) is 11.0. The average Bonchev–Trinajstić information content (AvgIpc) is 2.93. The fourth-order valence-corrected chi connectivity index (χ4v) is 1.66. The zero-order chi connectivity index (χ0) is 15.4. The maximum Gasteiger partial charge on any atom is 0.320 e. The molecule has 0 aliphatic carbocycles. The number of halogens is 2. The van der Waals surface area contributed by atoms with E-state index in [1.54, 1.807) is 0 Å². The summed E-state index contributed by atoms with van der Waals surface area (Å²) in [5.41, 5.74) is -0.315. The molecule has 0 aliphatic heterocycles. The van der Waals surface area contributed by atoms with Gasteiger partial charge < -0.3 is 9.47 Å². The number of alkyl halides is 2. The predicted octanol–water partition coefficient (Wildman–Crippen LogP) is 2.77. The predicted molar refractivity (Wildman–Crippen MR) is 67.5 cm³/mol. The van der Waals surface area contributed by atoms with Crippen LogP contribution in [0.15, 0.2) is 30.6 Å². The summed E-state index contributed by atoms with van der Waals surface area (Å²) in [4.78, 5) is 14.0. The van der Waals surface area contributed by atoms with Gasteiger partial charge in [0.1, 0.15) is 12.4 Å². The second-order valence-corrected chi connectivity index (χ2v) is 3.91. The second-order valence-electron chi connectivity index (χ2n) is 3.91. The Hall–Kier alpha value is -2.71. The molecule has 112 valence electrons. The Kier molecular flexibility index (Phi) is 4.31. The number of nitro groups is 1. The Balaban J connectivity index is 2.20. The molecule has 0 bridgehead atoms. The largest absolute Gasteiger partial charge is 0.496 e. The smallest absolute Gasteiger partial charge is 0.320 e. The molecule has 1 aromatic carbocycles. The molecule has 1 heterocycles. The molecule has 0 atom stereocenters. The molecule has 1 aromatic heterocycles. The zero-order valence-corrected chi connectivity index (χ0v) is 10.9. The molecule has 0 aliphatic rings. The Bertz CT molecular complexity index is 645. The number of aromatic nitrogens is 2. The lowest BCUT2D eigenvalue weighted by molar-refractivity contribution is -0.386. The number of methoxy groups -OCH3 is 1. The van der Waals surface area contributed by atoms with Crippen LogP contribution in [0.5, 0.6) is 11.5 Å². The van der Waals surface area contributed by atoms with Crippen LogP contribution in [0, 0.1) is 10.1 Å². The van der Waals surface area contributed by atoms with Crippen LogP contribution in [0.4, 0.5) is 14.5 Å². The van der Waals surface area contributed by atoms with Crippen molar-refractivity contribution in [1.29, 1.82) is 0 Å². The van der Waals surface area contributed by atoms with Crippen LogP contribution in [0.3, 0.4) is 0 Å². The van der Waals surface area contributed by atoms with Gasteiger partial charge in [-0.05, 0) is 12.1 Å². The lowest BCUT2D eigenvalue weighted by Crippen LogP contribution is -2.08. The van der Waals surface area contributed by atoms with E-state index < -0.39 is 11.5 Å². The van der Waals surface area contributed by atoms with Crippen molar-refractivity contribution in [3.05, 3.63) is 46.5 Å². The minimum absolute atomic E-state index is 0.0323. The SMILES string of the molecule is COc1ccc(OCc2nccn2C(F)F)c([N+](=O)[O-])c1. The van der Waals surface area contributed by atoms with E-state index in [-0.39, 0.29) is 23.9 Å². The Morgan fingerprint density at radius 1 is 1.48 bits per heavy atom. The molecule has 21 heavy (non-hydrogen) atoms. The van der Waals surface area contributed by atoms with E-state index in [1.807, 2.05) is 0 Å². The van der Waals surface area contributed by atoms with Gasteiger partial charge in [0, 0.05) is 12.4 Å². The summed E-state index contributed by atoms with van der Waals surface area (Å²) in [6.07, 6.45) is 2.30. The van der Waals surface area contributed by atoms with Crippen LogP contribution in [0.2, 0.25) is 0 Å². The van der Waals surface area contributed by atoms with Gasteiger partial charge in [-0.25, -0.2) is 4.98 Å². The van der Waals surface area contributed by atoms with Gasteiger partial charge in [0.05, 0.1) is 18.1 Å². The van der Waals surface area contributed by atoms with Crippen molar-refractivity contribution in [3.8, 4) is 11.5 Å². The van der Waals surface area contributed by atoms with Crippen LogP contribution in [0.1, 0.15) is 12.4 Å². The van der Waals surface area contributed by atoms with Crippen molar-refractivity contribution in [2.75, 3.05) is 7.11 Å². The third kappa shape index (κ3) is 3.25. The van der Waals surface area contributed by atoms with Crippen molar-refractivity contribution in [1.82, 2.24) is 9.55 Å². The Morgan fingerprint density at radius 3 is 2.86 bits per heavy atom. The highest BCUT2D eigenvalue weighted by Gasteiger charge is 2.18. The molecule has 7 nitrogen and oxygen atoms in total. The molecule has 2 rings (SSSR count). The van der Waals surface area contributed by atoms with Crippen LogP contribution in [-0.2, 0) is 6.61 Å². The van der Waals surface area contributed by atoms with Gasteiger partial charge in [0.25, 0.3) is 0 Å². The molecule has 9 heteroatoms. The summed E-state index contributed by atoms with van der Waals surface area (Å²) in [6, 6.07) is 4.00. The maximum absolute atomic E-state index is 12.6. The fraction of sp³-hybridized carbons (Fsp3) is 0.250. The monoisotopic (exact) mass is 299 g/mol. The Labute approximate surface area is 117 Å². The van der Waals surface area contributed by atoms with Gasteiger partial charge in [-0.3, -0.25) is 14.7 Å². The first kappa shape index (κ1) is 14.7. The van der Waals surface area contributed by atoms with Gasteiger partial charge in [0.15, 0.2) is 11.6 Å². The first-order valence-corrected chi connectivity index (χ1v) is 5.78. The highest BCUT2D eigenvalue weighted by molar-refractivity contribution is 5.50. The van der Waals surface area contributed by atoms with E-state index in [1.165, 1.54) is 31.5 Å². The lowest BCUT2D eigenvalue weighted by Gasteiger charge is -2.09. The number of benzene rings is 1. The molecule has 0 fully saturated rings. The first-order chi connectivity index (χ1) is 10.0. The molecule has 0 unspecified atom stereocenters. The topological polar surface area (TPSA) is 79.4 Å². The molecule has 0 radical (unpaired) electrons. The minimum Gasteiger partial charge on any atom is -0.496 e. The number of ether oxygens (including phenoxy) is 2.